The van der Waals surface area contributed by atoms with Gasteiger partial charge in [-0.05, 0) is 30.7 Å². The Labute approximate surface area is 110 Å². The highest BCUT2D eigenvalue weighted by atomic mass is 35.5. The Kier molecular flexibility index (Phi) is 3.81. The van der Waals surface area contributed by atoms with Gasteiger partial charge in [-0.1, -0.05) is 23.7 Å². The first-order valence-corrected chi connectivity index (χ1v) is 5.84. The molecule has 18 heavy (non-hydrogen) atoms. The molecule has 90 valence electrons. The van der Waals surface area contributed by atoms with Crippen LogP contribution in [-0.2, 0) is 6.42 Å². The average molecular weight is 259 g/mol. The molecular weight excluding hydrogens is 248 g/mol. The zero-order valence-electron chi connectivity index (χ0n) is 9.85. The van der Waals surface area contributed by atoms with Crippen molar-refractivity contribution in [3.05, 3.63) is 52.2 Å². The Morgan fingerprint density at radius 2 is 2.28 bits per heavy atom. The van der Waals surface area contributed by atoms with Crippen LogP contribution in [0.25, 0.3) is 12.2 Å². The minimum Gasteiger partial charge on any atom is -0.442 e. The summed E-state index contributed by atoms with van der Waals surface area (Å²) in [5, 5.41) is 9.31. The number of nitriles is 1. The number of hydrogen-bond donors (Lipinski definition) is 0. The van der Waals surface area contributed by atoms with E-state index in [1.54, 1.807) is 13.0 Å². The normalized spacial score (nSPS) is 10.7. The first-order valence-electron chi connectivity index (χ1n) is 5.46. The molecule has 0 amide bonds. The third-order valence-corrected chi connectivity index (χ3v) is 2.66. The van der Waals surface area contributed by atoms with Gasteiger partial charge in [0.1, 0.15) is 5.76 Å². The van der Waals surface area contributed by atoms with Crippen LogP contribution in [0.2, 0.25) is 5.02 Å². The van der Waals surface area contributed by atoms with E-state index in [4.69, 9.17) is 21.3 Å². The molecule has 1 heterocycles. The van der Waals surface area contributed by atoms with Gasteiger partial charge < -0.3 is 4.42 Å². The van der Waals surface area contributed by atoms with E-state index in [-0.39, 0.29) is 6.42 Å². The maximum absolute atomic E-state index is 8.63. The standard InChI is InChI=1S/C14H11ClN2O/c1-10-13(7-8-16)17-14(18-10)6-5-11-3-2-4-12(15)9-11/h2-6,9H,7H2,1H3. The minimum absolute atomic E-state index is 0.264. The molecule has 0 saturated heterocycles. The monoisotopic (exact) mass is 258 g/mol. The molecule has 0 bridgehead atoms. The molecule has 0 unspecified atom stereocenters. The summed E-state index contributed by atoms with van der Waals surface area (Å²) in [4.78, 5) is 4.23. The van der Waals surface area contributed by atoms with Crippen LogP contribution >= 0.6 is 11.6 Å². The summed E-state index contributed by atoms with van der Waals surface area (Å²) in [6.07, 6.45) is 3.90. The number of benzene rings is 1. The fraction of sp³-hybridized carbons (Fsp3) is 0.143. The highest BCUT2D eigenvalue weighted by molar-refractivity contribution is 6.30. The largest absolute Gasteiger partial charge is 0.442 e. The van der Waals surface area contributed by atoms with Crippen LogP contribution in [0, 0.1) is 18.3 Å². The van der Waals surface area contributed by atoms with E-state index in [0.29, 0.717) is 22.4 Å². The van der Waals surface area contributed by atoms with E-state index in [1.165, 1.54) is 0 Å². The molecule has 2 aromatic rings. The third-order valence-electron chi connectivity index (χ3n) is 2.42. The number of aryl methyl sites for hydroxylation is 1. The summed E-state index contributed by atoms with van der Waals surface area (Å²) < 4.78 is 5.44. The van der Waals surface area contributed by atoms with Gasteiger partial charge in [-0.25, -0.2) is 4.98 Å². The molecule has 1 aromatic heterocycles. The second kappa shape index (κ2) is 5.52. The summed E-state index contributed by atoms with van der Waals surface area (Å²) in [7, 11) is 0. The van der Waals surface area contributed by atoms with E-state index in [1.807, 2.05) is 30.3 Å². The highest BCUT2D eigenvalue weighted by Gasteiger charge is 2.06. The Morgan fingerprint density at radius 3 is 3.00 bits per heavy atom. The van der Waals surface area contributed by atoms with E-state index in [9.17, 15) is 0 Å². The predicted molar refractivity (Wildman–Crippen MR) is 70.9 cm³/mol. The molecule has 0 atom stereocenters. The van der Waals surface area contributed by atoms with Gasteiger partial charge in [-0.3, -0.25) is 0 Å². The number of hydrogen-bond acceptors (Lipinski definition) is 3. The first kappa shape index (κ1) is 12.4. The van der Waals surface area contributed by atoms with E-state index < -0.39 is 0 Å². The number of aromatic nitrogens is 1. The zero-order chi connectivity index (χ0) is 13.0. The van der Waals surface area contributed by atoms with Crippen molar-refractivity contribution in [1.29, 1.82) is 5.26 Å². The molecule has 0 aliphatic carbocycles. The lowest BCUT2D eigenvalue weighted by Gasteiger charge is -1.92. The van der Waals surface area contributed by atoms with Gasteiger partial charge in [0.15, 0.2) is 0 Å². The number of rotatable bonds is 3. The van der Waals surface area contributed by atoms with Crippen molar-refractivity contribution in [2.75, 3.05) is 0 Å². The summed E-state index contributed by atoms with van der Waals surface area (Å²) in [5.41, 5.74) is 1.66. The fourth-order valence-electron chi connectivity index (χ4n) is 1.54. The quantitative estimate of drug-likeness (QED) is 0.840. The van der Waals surface area contributed by atoms with Gasteiger partial charge in [-0.15, -0.1) is 0 Å². The average Bonchev–Trinajstić information content (AvgIpc) is 2.69. The van der Waals surface area contributed by atoms with Crippen molar-refractivity contribution >= 4 is 23.8 Å². The maximum atomic E-state index is 8.63. The lowest BCUT2D eigenvalue weighted by atomic mass is 10.2. The molecule has 3 nitrogen and oxygen atoms in total. The van der Waals surface area contributed by atoms with E-state index >= 15 is 0 Å². The Hall–Kier alpha value is -2.05. The number of oxazole rings is 1. The summed E-state index contributed by atoms with van der Waals surface area (Å²) in [6.45, 7) is 1.80. The van der Waals surface area contributed by atoms with Crippen molar-refractivity contribution < 1.29 is 4.42 Å². The zero-order valence-corrected chi connectivity index (χ0v) is 10.6. The van der Waals surface area contributed by atoms with Crippen LogP contribution in [0.4, 0.5) is 0 Å². The molecule has 0 saturated carbocycles. The van der Waals surface area contributed by atoms with E-state index in [2.05, 4.69) is 11.1 Å². The lowest BCUT2D eigenvalue weighted by Crippen LogP contribution is -1.83. The van der Waals surface area contributed by atoms with Crippen LogP contribution in [0.5, 0.6) is 0 Å². The van der Waals surface area contributed by atoms with Crippen molar-refractivity contribution in [1.82, 2.24) is 4.98 Å². The van der Waals surface area contributed by atoms with Gasteiger partial charge in [0, 0.05) is 11.1 Å². The maximum Gasteiger partial charge on any atom is 0.219 e. The first-order chi connectivity index (χ1) is 8.69. The fourth-order valence-corrected chi connectivity index (χ4v) is 1.74. The molecule has 0 N–H and O–H groups in total. The van der Waals surface area contributed by atoms with Gasteiger partial charge in [-0.2, -0.15) is 5.26 Å². The van der Waals surface area contributed by atoms with Crippen LogP contribution in [-0.4, -0.2) is 4.98 Å². The van der Waals surface area contributed by atoms with E-state index in [0.717, 1.165) is 5.56 Å². The van der Waals surface area contributed by atoms with Gasteiger partial charge in [0.05, 0.1) is 18.2 Å². The van der Waals surface area contributed by atoms with Crippen LogP contribution < -0.4 is 0 Å². The predicted octanol–water partition coefficient (Wildman–Crippen LogP) is 3.87. The van der Waals surface area contributed by atoms with Crippen LogP contribution in [0.1, 0.15) is 22.9 Å². The molecule has 0 spiro atoms. The van der Waals surface area contributed by atoms with Crippen molar-refractivity contribution in [3.63, 3.8) is 0 Å². The van der Waals surface area contributed by atoms with Crippen molar-refractivity contribution in [2.45, 2.75) is 13.3 Å². The minimum atomic E-state index is 0.264. The molecule has 0 aliphatic rings. The Bertz CT molecular complexity index is 623. The van der Waals surface area contributed by atoms with Crippen LogP contribution in [0.3, 0.4) is 0 Å². The molecular formula is C14H11ClN2O. The molecule has 1 aromatic carbocycles. The molecule has 0 radical (unpaired) electrons. The van der Waals surface area contributed by atoms with Gasteiger partial charge >= 0.3 is 0 Å². The van der Waals surface area contributed by atoms with Crippen molar-refractivity contribution in [2.24, 2.45) is 0 Å². The van der Waals surface area contributed by atoms with Gasteiger partial charge in [0.2, 0.25) is 5.89 Å². The topological polar surface area (TPSA) is 49.8 Å². The van der Waals surface area contributed by atoms with Crippen molar-refractivity contribution in [3.8, 4) is 6.07 Å². The van der Waals surface area contributed by atoms with Crippen LogP contribution in [0.15, 0.2) is 28.7 Å². The smallest absolute Gasteiger partial charge is 0.219 e. The second-order valence-electron chi connectivity index (χ2n) is 3.78. The Balaban J connectivity index is 2.19. The highest BCUT2D eigenvalue weighted by Crippen LogP contribution is 2.15. The van der Waals surface area contributed by atoms with Gasteiger partial charge in [0.25, 0.3) is 0 Å². The lowest BCUT2D eigenvalue weighted by molar-refractivity contribution is 0.515. The second-order valence-corrected chi connectivity index (χ2v) is 4.21. The molecule has 2 rings (SSSR count). The summed E-state index contributed by atoms with van der Waals surface area (Å²) >= 11 is 5.89. The molecule has 4 heteroatoms. The summed E-state index contributed by atoms with van der Waals surface area (Å²) in [6, 6.07) is 9.54. The Morgan fingerprint density at radius 1 is 1.44 bits per heavy atom. The number of nitrogens with zero attached hydrogens (tertiary/aromatic N) is 2. The molecule has 0 aliphatic heterocycles. The molecule has 0 fully saturated rings. The number of halogens is 1. The SMILES string of the molecule is Cc1oc(C=Cc2cccc(Cl)c2)nc1CC#N. The third kappa shape index (κ3) is 2.99. The summed E-state index contributed by atoms with van der Waals surface area (Å²) in [5.74, 6) is 1.18.